The summed E-state index contributed by atoms with van der Waals surface area (Å²) >= 11 is 1.81. The van der Waals surface area contributed by atoms with Crippen molar-refractivity contribution in [2.75, 3.05) is 11.5 Å². The lowest BCUT2D eigenvalue weighted by atomic mass is 10.1. The Labute approximate surface area is 99.8 Å². The van der Waals surface area contributed by atoms with Crippen LogP contribution in [0.5, 0.6) is 0 Å². The van der Waals surface area contributed by atoms with E-state index in [1.165, 1.54) is 10.5 Å². The van der Waals surface area contributed by atoms with Gasteiger partial charge in [0.15, 0.2) is 0 Å². The van der Waals surface area contributed by atoms with Crippen molar-refractivity contribution in [1.82, 2.24) is 0 Å². The van der Waals surface area contributed by atoms with E-state index in [1.54, 1.807) is 6.26 Å². The highest BCUT2D eigenvalue weighted by molar-refractivity contribution is 7.99. The van der Waals surface area contributed by atoms with Crippen LogP contribution >= 0.6 is 11.8 Å². The molecule has 0 bridgehead atoms. The van der Waals surface area contributed by atoms with Gasteiger partial charge in [-0.2, -0.15) is 0 Å². The molecule has 0 spiro atoms. The number of nitrogens with two attached hydrogens (primary N) is 1. The topological polar surface area (TPSA) is 39.2 Å². The fraction of sp³-hybridized carbons (Fsp3) is 0.231. The SMILES string of the molecule is Cc1occc1SCCc1ccccc1N. The van der Waals surface area contributed by atoms with Crippen molar-refractivity contribution in [2.45, 2.75) is 18.2 Å². The first-order valence-corrected chi connectivity index (χ1v) is 6.26. The molecule has 2 rings (SSSR count). The maximum Gasteiger partial charge on any atom is 0.114 e. The number of thioether (sulfide) groups is 1. The van der Waals surface area contributed by atoms with Gasteiger partial charge in [-0.1, -0.05) is 18.2 Å². The Bertz CT molecular complexity index is 464. The minimum Gasteiger partial charge on any atom is -0.468 e. The van der Waals surface area contributed by atoms with Crippen molar-refractivity contribution in [3.05, 3.63) is 47.9 Å². The number of rotatable bonds is 4. The number of anilines is 1. The molecule has 0 saturated heterocycles. The van der Waals surface area contributed by atoms with Crippen LogP contribution in [0.15, 0.2) is 45.9 Å². The van der Waals surface area contributed by atoms with E-state index in [-0.39, 0.29) is 0 Å². The first-order chi connectivity index (χ1) is 7.77. The summed E-state index contributed by atoms with van der Waals surface area (Å²) in [6.07, 6.45) is 2.72. The van der Waals surface area contributed by atoms with Crippen molar-refractivity contribution in [3.63, 3.8) is 0 Å². The van der Waals surface area contributed by atoms with Crippen molar-refractivity contribution in [1.29, 1.82) is 0 Å². The molecule has 0 amide bonds. The zero-order valence-corrected chi connectivity index (χ0v) is 10.1. The van der Waals surface area contributed by atoms with Gasteiger partial charge in [0.1, 0.15) is 5.76 Å². The molecule has 0 fully saturated rings. The molecule has 0 radical (unpaired) electrons. The van der Waals surface area contributed by atoms with Crippen LogP contribution in [0, 0.1) is 6.92 Å². The summed E-state index contributed by atoms with van der Waals surface area (Å²) < 4.78 is 5.25. The molecule has 84 valence electrons. The summed E-state index contributed by atoms with van der Waals surface area (Å²) in [7, 11) is 0. The largest absolute Gasteiger partial charge is 0.468 e. The number of furan rings is 1. The van der Waals surface area contributed by atoms with Gasteiger partial charge in [-0.25, -0.2) is 0 Å². The smallest absolute Gasteiger partial charge is 0.114 e. The fourth-order valence-electron chi connectivity index (χ4n) is 1.56. The van der Waals surface area contributed by atoms with Gasteiger partial charge in [-0.3, -0.25) is 0 Å². The summed E-state index contributed by atoms with van der Waals surface area (Å²) in [6.45, 7) is 1.99. The lowest BCUT2D eigenvalue weighted by Gasteiger charge is -2.04. The van der Waals surface area contributed by atoms with E-state index in [2.05, 4.69) is 6.07 Å². The fourth-order valence-corrected chi connectivity index (χ4v) is 2.50. The molecular formula is C13H15NOS. The minimum absolute atomic E-state index is 0.881. The summed E-state index contributed by atoms with van der Waals surface area (Å²) in [5, 5.41) is 0. The molecule has 1 aromatic heterocycles. The summed E-state index contributed by atoms with van der Waals surface area (Å²) in [5.74, 6) is 2.01. The van der Waals surface area contributed by atoms with Crippen molar-refractivity contribution >= 4 is 17.4 Å². The highest BCUT2D eigenvalue weighted by Crippen LogP contribution is 2.24. The van der Waals surface area contributed by atoms with Gasteiger partial charge in [0, 0.05) is 16.3 Å². The Morgan fingerprint density at radius 2 is 2.06 bits per heavy atom. The molecule has 0 aliphatic rings. The van der Waals surface area contributed by atoms with Crippen LogP contribution in [0.4, 0.5) is 5.69 Å². The maximum atomic E-state index is 5.88. The van der Waals surface area contributed by atoms with Gasteiger partial charge < -0.3 is 10.2 Å². The van der Waals surface area contributed by atoms with E-state index < -0.39 is 0 Å². The third-order valence-electron chi connectivity index (χ3n) is 2.50. The number of nitrogen functional groups attached to an aromatic ring is 1. The Hall–Kier alpha value is -1.35. The normalized spacial score (nSPS) is 10.6. The average Bonchev–Trinajstić information content (AvgIpc) is 2.67. The molecule has 0 unspecified atom stereocenters. The number of para-hydroxylation sites is 1. The van der Waals surface area contributed by atoms with E-state index >= 15 is 0 Å². The Balaban J connectivity index is 1.89. The third-order valence-corrected chi connectivity index (χ3v) is 3.64. The predicted molar refractivity (Wildman–Crippen MR) is 68.7 cm³/mol. The highest BCUT2D eigenvalue weighted by atomic mass is 32.2. The molecule has 0 atom stereocenters. The Morgan fingerprint density at radius 3 is 2.75 bits per heavy atom. The van der Waals surface area contributed by atoms with E-state index in [9.17, 15) is 0 Å². The van der Waals surface area contributed by atoms with E-state index in [0.717, 1.165) is 23.6 Å². The molecule has 16 heavy (non-hydrogen) atoms. The summed E-state index contributed by atoms with van der Waals surface area (Å²) in [5.41, 5.74) is 7.98. The van der Waals surface area contributed by atoms with E-state index in [1.807, 2.05) is 43.0 Å². The minimum atomic E-state index is 0.881. The monoisotopic (exact) mass is 233 g/mol. The molecule has 1 heterocycles. The van der Waals surface area contributed by atoms with Crippen molar-refractivity contribution < 1.29 is 4.42 Å². The van der Waals surface area contributed by atoms with Gasteiger partial charge in [0.05, 0.1) is 6.26 Å². The van der Waals surface area contributed by atoms with Crippen LogP contribution < -0.4 is 5.73 Å². The molecular weight excluding hydrogens is 218 g/mol. The summed E-state index contributed by atoms with van der Waals surface area (Å²) in [4.78, 5) is 1.22. The van der Waals surface area contributed by atoms with Gasteiger partial charge >= 0.3 is 0 Å². The molecule has 0 saturated carbocycles. The lowest BCUT2D eigenvalue weighted by molar-refractivity contribution is 0.527. The molecule has 2 aromatic rings. The van der Waals surface area contributed by atoms with Gasteiger partial charge in [0.2, 0.25) is 0 Å². The quantitative estimate of drug-likeness (QED) is 0.649. The summed E-state index contributed by atoms with van der Waals surface area (Å²) in [6, 6.07) is 10.0. The van der Waals surface area contributed by atoms with Crippen LogP contribution in [0.1, 0.15) is 11.3 Å². The molecule has 0 aliphatic heterocycles. The van der Waals surface area contributed by atoms with Gasteiger partial charge in [-0.15, -0.1) is 11.8 Å². The van der Waals surface area contributed by atoms with Crippen LogP contribution in [-0.4, -0.2) is 5.75 Å². The molecule has 1 aromatic carbocycles. The van der Waals surface area contributed by atoms with Crippen molar-refractivity contribution in [2.24, 2.45) is 0 Å². The number of hydrogen-bond donors (Lipinski definition) is 1. The highest BCUT2D eigenvalue weighted by Gasteiger charge is 2.03. The van der Waals surface area contributed by atoms with E-state index in [0.29, 0.717) is 0 Å². The zero-order valence-electron chi connectivity index (χ0n) is 9.27. The predicted octanol–water partition coefficient (Wildman–Crippen LogP) is 3.51. The van der Waals surface area contributed by atoms with Gasteiger partial charge in [0.25, 0.3) is 0 Å². The second-order valence-electron chi connectivity index (χ2n) is 3.64. The zero-order chi connectivity index (χ0) is 11.4. The number of benzene rings is 1. The molecule has 2 N–H and O–H groups in total. The van der Waals surface area contributed by atoms with Crippen LogP contribution in [0.2, 0.25) is 0 Å². The first kappa shape index (κ1) is 11.1. The Morgan fingerprint density at radius 1 is 1.25 bits per heavy atom. The molecule has 3 heteroatoms. The molecule has 0 aliphatic carbocycles. The number of aryl methyl sites for hydroxylation is 2. The van der Waals surface area contributed by atoms with E-state index in [4.69, 9.17) is 10.2 Å². The number of hydrogen-bond acceptors (Lipinski definition) is 3. The third kappa shape index (κ3) is 2.61. The maximum absolute atomic E-state index is 5.88. The van der Waals surface area contributed by atoms with Crippen LogP contribution in [0.3, 0.4) is 0 Å². The van der Waals surface area contributed by atoms with Gasteiger partial charge in [-0.05, 0) is 31.0 Å². The van der Waals surface area contributed by atoms with Crippen LogP contribution in [0.25, 0.3) is 0 Å². The first-order valence-electron chi connectivity index (χ1n) is 5.27. The second kappa shape index (κ2) is 5.12. The second-order valence-corrected chi connectivity index (χ2v) is 4.78. The van der Waals surface area contributed by atoms with Crippen molar-refractivity contribution in [3.8, 4) is 0 Å². The standard InChI is InChI=1S/C13H15NOS/c1-10-13(6-8-15-10)16-9-7-11-4-2-3-5-12(11)14/h2-6,8H,7,9,14H2,1H3. The Kier molecular flexibility index (Phi) is 3.57. The van der Waals surface area contributed by atoms with Crippen LogP contribution in [-0.2, 0) is 6.42 Å². The lowest BCUT2D eigenvalue weighted by Crippen LogP contribution is -1.95. The molecule has 2 nitrogen and oxygen atoms in total. The average molecular weight is 233 g/mol.